The zero-order valence-corrected chi connectivity index (χ0v) is 14.7. The van der Waals surface area contributed by atoms with Crippen molar-refractivity contribution in [3.63, 3.8) is 0 Å². The summed E-state index contributed by atoms with van der Waals surface area (Å²) in [6.45, 7) is 1.89. The van der Waals surface area contributed by atoms with Crippen LogP contribution in [0, 0.1) is 0 Å². The van der Waals surface area contributed by atoms with Crippen molar-refractivity contribution in [3.05, 3.63) is 60.0 Å². The van der Waals surface area contributed by atoms with Crippen LogP contribution < -0.4 is 14.8 Å². The summed E-state index contributed by atoms with van der Waals surface area (Å²) in [5.41, 5.74) is 1.64. The third-order valence-corrected chi connectivity index (χ3v) is 3.91. The molecule has 134 valence electrons. The molecule has 0 aliphatic rings. The second kappa shape index (κ2) is 7.69. The molecule has 1 heterocycles. The maximum absolute atomic E-state index is 12.3. The number of aromatic nitrogens is 2. The topological polar surface area (TPSA) is 86.5 Å². The van der Waals surface area contributed by atoms with E-state index in [2.05, 4.69) is 15.5 Å². The number of hydrogen-bond acceptors (Lipinski definition) is 6. The number of nitrogens with zero attached hydrogens (tertiary/aromatic N) is 2. The van der Waals surface area contributed by atoms with Crippen LogP contribution in [0.25, 0.3) is 11.4 Å². The van der Waals surface area contributed by atoms with Crippen LogP contribution in [0.15, 0.2) is 53.1 Å². The smallest absolute Gasteiger partial charge is 0.316 e. The van der Waals surface area contributed by atoms with Gasteiger partial charge in [0, 0.05) is 5.56 Å². The van der Waals surface area contributed by atoms with Gasteiger partial charge in [-0.25, -0.2) is 0 Å². The van der Waals surface area contributed by atoms with Gasteiger partial charge in [-0.3, -0.25) is 4.79 Å². The SMILES string of the molecule is COc1ccc(-c2noc(C(=O)N[C@@H](C)c3ccccc3)n2)cc1OC. The molecule has 3 aromatic rings. The summed E-state index contributed by atoms with van der Waals surface area (Å²) in [4.78, 5) is 16.5. The number of carbonyl (C=O) groups is 1. The van der Waals surface area contributed by atoms with Crippen molar-refractivity contribution in [2.24, 2.45) is 0 Å². The molecule has 2 aromatic carbocycles. The quantitative estimate of drug-likeness (QED) is 0.732. The summed E-state index contributed by atoms with van der Waals surface area (Å²) >= 11 is 0. The fourth-order valence-electron chi connectivity index (χ4n) is 2.49. The van der Waals surface area contributed by atoms with Gasteiger partial charge in [0.15, 0.2) is 11.5 Å². The Kier molecular flexibility index (Phi) is 5.17. The van der Waals surface area contributed by atoms with E-state index in [0.29, 0.717) is 22.9 Å². The molecule has 7 heteroatoms. The van der Waals surface area contributed by atoms with E-state index in [4.69, 9.17) is 14.0 Å². The molecular weight excluding hydrogens is 334 g/mol. The van der Waals surface area contributed by atoms with E-state index in [0.717, 1.165) is 5.56 Å². The molecule has 3 rings (SSSR count). The highest BCUT2D eigenvalue weighted by Gasteiger charge is 2.19. The molecule has 0 radical (unpaired) electrons. The number of amides is 1. The summed E-state index contributed by atoms with van der Waals surface area (Å²) in [6.07, 6.45) is 0. The minimum absolute atomic E-state index is 0.0995. The highest BCUT2D eigenvalue weighted by atomic mass is 16.5. The second-order valence-corrected chi connectivity index (χ2v) is 5.60. The monoisotopic (exact) mass is 353 g/mol. The molecule has 1 aromatic heterocycles. The molecule has 1 atom stereocenters. The van der Waals surface area contributed by atoms with Crippen molar-refractivity contribution in [2.45, 2.75) is 13.0 Å². The molecule has 0 unspecified atom stereocenters. The van der Waals surface area contributed by atoms with Crippen LogP contribution in [0.5, 0.6) is 11.5 Å². The molecule has 0 aliphatic carbocycles. The Balaban J connectivity index is 1.76. The standard InChI is InChI=1S/C19H19N3O4/c1-12(13-7-5-4-6-8-13)20-18(23)19-21-17(22-26-19)14-9-10-15(24-2)16(11-14)25-3/h4-12H,1-3H3,(H,20,23)/t12-/m0/s1. The van der Waals surface area contributed by atoms with Gasteiger partial charge in [-0.15, -0.1) is 0 Å². The third kappa shape index (κ3) is 3.66. The van der Waals surface area contributed by atoms with Crippen molar-refractivity contribution >= 4 is 5.91 Å². The van der Waals surface area contributed by atoms with Crippen LogP contribution >= 0.6 is 0 Å². The molecule has 0 spiro atoms. The zero-order chi connectivity index (χ0) is 18.5. The minimum atomic E-state index is -0.430. The van der Waals surface area contributed by atoms with E-state index >= 15 is 0 Å². The van der Waals surface area contributed by atoms with Gasteiger partial charge < -0.3 is 19.3 Å². The summed E-state index contributed by atoms with van der Waals surface area (Å²) in [5, 5.41) is 6.71. The zero-order valence-electron chi connectivity index (χ0n) is 14.7. The van der Waals surface area contributed by atoms with Crippen LogP contribution in [-0.2, 0) is 0 Å². The van der Waals surface area contributed by atoms with E-state index in [1.54, 1.807) is 32.4 Å². The highest BCUT2D eigenvalue weighted by molar-refractivity contribution is 5.90. The molecule has 1 N–H and O–H groups in total. The molecule has 7 nitrogen and oxygen atoms in total. The lowest BCUT2D eigenvalue weighted by atomic mass is 10.1. The van der Waals surface area contributed by atoms with Crippen molar-refractivity contribution in [3.8, 4) is 22.9 Å². The molecule has 0 bridgehead atoms. The van der Waals surface area contributed by atoms with Crippen molar-refractivity contribution < 1.29 is 18.8 Å². The van der Waals surface area contributed by atoms with E-state index in [-0.39, 0.29) is 11.9 Å². The first-order valence-corrected chi connectivity index (χ1v) is 8.04. The molecule has 1 amide bonds. The van der Waals surface area contributed by atoms with Crippen LogP contribution in [0.3, 0.4) is 0 Å². The van der Waals surface area contributed by atoms with Gasteiger partial charge in [0.2, 0.25) is 5.82 Å². The Morgan fingerprint density at radius 3 is 2.50 bits per heavy atom. The first-order chi connectivity index (χ1) is 12.6. The van der Waals surface area contributed by atoms with Gasteiger partial charge in [-0.05, 0) is 30.7 Å². The molecule has 0 saturated heterocycles. The maximum atomic E-state index is 12.3. The number of hydrogen-bond donors (Lipinski definition) is 1. The molecule has 0 fully saturated rings. The summed E-state index contributed by atoms with van der Waals surface area (Å²) < 4.78 is 15.6. The van der Waals surface area contributed by atoms with Gasteiger partial charge >= 0.3 is 11.8 Å². The number of benzene rings is 2. The van der Waals surface area contributed by atoms with Gasteiger partial charge in [-0.2, -0.15) is 4.98 Å². The number of ether oxygens (including phenoxy) is 2. The lowest BCUT2D eigenvalue weighted by Crippen LogP contribution is -2.26. The van der Waals surface area contributed by atoms with Gasteiger partial charge in [0.25, 0.3) is 0 Å². The molecule has 0 aliphatic heterocycles. The van der Waals surface area contributed by atoms with Crippen molar-refractivity contribution in [2.75, 3.05) is 14.2 Å². The summed E-state index contributed by atoms with van der Waals surface area (Å²) in [7, 11) is 3.10. The predicted octanol–water partition coefficient (Wildman–Crippen LogP) is 3.24. The Bertz CT molecular complexity index is 893. The average molecular weight is 353 g/mol. The average Bonchev–Trinajstić information content (AvgIpc) is 3.18. The maximum Gasteiger partial charge on any atom is 0.316 e. The Labute approximate surface area is 150 Å². The fraction of sp³-hybridized carbons (Fsp3) is 0.211. The second-order valence-electron chi connectivity index (χ2n) is 5.60. The normalized spacial score (nSPS) is 11.7. The van der Waals surface area contributed by atoms with Crippen LogP contribution in [0.2, 0.25) is 0 Å². The van der Waals surface area contributed by atoms with Crippen molar-refractivity contribution in [1.29, 1.82) is 0 Å². The molecular formula is C19H19N3O4. The van der Waals surface area contributed by atoms with Gasteiger partial charge in [0.1, 0.15) is 0 Å². The first kappa shape index (κ1) is 17.5. The lowest BCUT2D eigenvalue weighted by Gasteiger charge is -2.12. The number of methoxy groups -OCH3 is 2. The number of carbonyl (C=O) groups excluding carboxylic acids is 1. The highest BCUT2D eigenvalue weighted by Crippen LogP contribution is 2.31. The third-order valence-electron chi connectivity index (χ3n) is 3.91. The van der Waals surface area contributed by atoms with E-state index in [1.165, 1.54) is 0 Å². The minimum Gasteiger partial charge on any atom is -0.493 e. The van der Waals surface area contributed by atoms with E-state index in [1.807, 2.05) is 37.3 Å². The Hall–Kier alpha value is -3.35. The van der Waals surface area contributed by atoms with Crippen LogP contribution in [0.1, 0.15) is 29.2 Å². The number of nitrogens with one attached hydrogen (secondary N) is 1. The fourth-order valence-corrected chi connectivity index (χ4v) is 2.49. The molecule has 26 heavy (non-hydrogen) atoms. The number of rotatable bonds is 6. The first-order valence-electron chi connectivity index (χ1n) is 8.04. The van der Waals surface area contributed by atoms with Crippen LogP contribution in [-0.4, -0.2) is 30.3 Å². The lowest BCUT2D eigenvalue weighted by molar-refractivity contribution is 0.0895. The van der Waals surface area contributed by atoms with E-state index in [9.17, 15) is 4.79 Å². The van der Waals surface area contributed by atoms with Gasteiger partial charge in [0.05, 0.1) is 20.3 Å². The van der Waals surface area contributed by atoms with E-state index < -0.39 is 5.91 Å². The molecule has 0 saturated carbocycles. The van der Waals surface area contributed by atoms with Crippen LogP contribution in [0.4, 0.5) is 0 Å². The Morgan fingerprint density at radius 1 is 1.08 bits per heavy atom. The summed E-state index contributed by atoms with van der Waals surface area (Å²) in [5.74, 6) is 0.898. The Morgan fingerprint density at radius 2 is 1.81 bits per heavy atom. The predicted molar refractivity (Wildman–Crippen MR) is 95.2 cm³/mol. The summed E-state index contributed by atoms with van der Waals surface area (Å²) in [6, 6.07) is 14.7. The van der Waals surface area contributed by atoms with Gasteiger partial charge in [-0.1, -0.05) is 35.5 Å². The largest absolute Gasteiger partial charge is 0.493 e. The van der Waals surface area contributed by atoms with Crippen molar-refractivity contribution in [1.82, 2.24) is 15.5 Å².